The highest BCUT2D eigenvalue weighted by molar-refractivity contribution is 6.35. The van der Waals surface area contributed by atoms with Crippen LogP contribution < -0.4 is 4.74 Å². The third-order valence-corrected chi connectivity index (χ3v) is 4.26. The number of benzene rings is 2. The summed E-state index contributed by atoms with van der Waals surface area (Å²) < 4.78 is 7.96. The van der Waals surface area contributed by atoms with E-state index >= 15 is 0 Å². The lowest BCUT2D eigenvalue weighted by Gasteiger charge is -2.14. The first-order valence-corrected chi connectivity index (χ1v) is 8.33. The molecule has 3 aromatic rings. The molecule has 2 aromatic carbocycles. The molecule has 0 fully saturated rings. The largest absolute Gasteiger partial charge is 0.484 e. The van der Waals surface area contributed by atoms with Gasteiger partial charge in [-0.1, -0.05) is 34.8 Å². The summed E-state index contributed by atoms with van der Waals surface area (Å²) in [5.74, 6) is 1.40. The summed E-state index contributed by atoms with van der Waals surface area (Å²) in [6.45, 7) is 4.52. The number of fused-ring (bicyclic) bond motifs is 1. The number of halogens is 3. The summed E-state index contributed by atoms with van der Waals surface area (Å²) in [5, 5.41) is 1.72. The molecule has 0 spiro atoms. The summed E-state index contributed by atoms with van der Waals surface area (Å²) >= 11 is 18.1. The van der Waals surface area contributed by atoms with E-state index in [1.54, 1.807) is 18.2 Å². The molecule has 0 saturated carbocycles. The molecule has 1 aromatic heterocycles. The van der Waals surface area contributed by atoms with Crippen LogP contribution in [0, 0.1) is 0 Å². The molecule has 0 radical (unpaired) electrons. The van der Waals surface area contributed by atoms with Gasteiger partial charge in [-0.05, 0) is 50.2 Å². The van der Waals surface area contributed by atoms with Gasteiger partial charge in [-0.15, -0.1) is 0 Å². The molecule has 0 bridgehead atoms. The van der Waals surface area contributed by atoms with Crippen LogP contribution in [0.25, 0.3) is 11.0 Å². The zero-order chi connectivity index (χ0) is 16.6. The highest BCUT2D eigenvalue weighted by Gasteiger charge is 2.14. The van der Waals surface area contributed by atoms with Gasteiger partial charge in [0.25, 0.3) is 0 Å². The van der Waals surface area contributed by atoms with Crippen molar-refractivity contribution in [3.8, 4) is 5.75 Å². The Balaban J connectivity index is 1.94. The molecular weight excluding hydrogens is 355 g/mol. The molecule has 3 nitrogen and oxygen atoms in total. The van der Waals surface area contributed by atoms with Crippen molar-refractivity contribution in [2.45, 2.75) is 26.5 Å². The second kappa shape index (κ2) is 6.60. The van der Waals surface area contributed by atoms with Gasteiger partial charge in [0.05, 0.1) is 16.1 Å². The molecule has 3 rings (SSSR count). The van der Waals surface area contributed by atoms with Gasteiger partial charge < -0.3 is 9.30 Å². The summed E-state index contributed by atoms with van der Waals surface area (Å²) in [6, 6.07) is 11.1. The van der Waals surface area contributed by atoms with E-state index in [0.29, 0.717) is 27.4 Å². The molecular formula is C17H15Cl3N2O. The maximum absolute atomic E-state index is 6.14. The molecule has 0 amide bonds. The zero-order valence-electron chi connectivity index (χ0n) is 12.7. The van der Waals surface area contributed by atoms with Crippen molar-refractivity contribution < 1.29 is 4.74 Å². The Kier molecular flexibility index (Phi) is 4.72. The van der Waals surface area contributed by atoms with Gasteiger partial charge >= 0.3 is 0 Å². The molecule has 0 N–H and O–H groups in total. The second-order valence-electron chi connectivity index (χ2n) is 5.49. The van der Waals surface area contributed by atoms with Crippen molar-refractivity contribution >= 4 is 45.8 Å². The molecule has 1 heterocycles. The topological polar surface area (TPSA) is 27.1 Å². The highest BCUT2D eigenvalue weighted by atomic mass is 35.5. The molecule has 0 aliphatic rings. The van der Waals surface area contributed by atoms with E-state index in [4.69, 9.17) is 39.5 Å². The minimum Gasteiger partial charge on any atom is -0.484 e. The van der Waals surface area contributed by atoms with Gasteiger partial charge in [0.15, 0.2) is 0 Å². The maximum atomic E-state index is 6.14. The average molecular weight is 370 g/mol. The Morgan fingerprint density at radius 3 is 2.43 bits per heavy atom. The fraction of sp³-hybridized carbons (Fsp3) is 0.235. The van der Waals surface area contributed by atoms with Gasteiger partial charge in [-0.25, -0.2) is 4.98 Å². The Morgan fingerprint density at radius 2 is 1.74 bits per heavy atom. The van der Waals surface area contributed by atoms with Crippen LogP contribution in [0.15, 0.2) is 36.4 Å². The summed E-state index contributed by atoms with van der Waals surface area (Å²) in [7, 11) is 0. The molecule has 23 heavy (non-hydrogen) atoms. The number of ether oxygens (including phenoxy) is 1. The van der Waals surface area contributed by atoms with Crippen molar-refractivity contribution in [2.24, 2.45) is 0 Å². The lowest BCUT2D eigenvalue weighted by Crippen LogP contribution is -2.09. The molecule has 0 aliphatic carbocycles. The summed E-state index contributed by atoms with van der Waals surface area (Å²) in [6.07, 6.45) is 0. The fourth-order valence-electron chi connectivity index (χ4n) is 2.53. The summed E-state index contributed by atoms with van der Waals surface area (Å²) in [4.78, 5) is 4.64. The normalized spacial score (nSPS) is 11.4. The first-order chi connectivity index (χ1) is 11.0. The lowest BCUT2D eigenvalue weighted by molar-refractivity contribution is 0.287. The van der Waals surface area contributed by atoms with E-state index in [1.807, 2.05) is 18.2 Å². The van der Waals surface area contributed by atoms with Crippen LogP contribution in [0.1, 0.15) is 25.7 Å². The number of hydrogen-bond donors (Lipinski definition) is 0. The minimum atomic E-state index is 0.250. The minimum absolute atomic E-state index is 0.250. The Bertz CT molecular complexity index is 858. The van der Waals surface area contributed by atoms with Crippen LogP contribution in [-0.2, 0) is 6.61 Å². The lowest BCUT2D eigenvalue weighted by atomic mass is 10.3. The van der Waals surface area contributed by atoms with E-state index < -0.39 is 0 Å². The molecule has 0 saturated heterocycles. The van der Waals surface area contributed by atoms with Crippen molar-refractivity contribution in [2.75, 3.05) is 0 Å². The van der Waals surface area contributed by atoms with E-state index in [-0.39, 0.29) is 6.04 Å². The number of hydrogen-bond acceptors (Lipinski definition) is 2. The van der Waals surface area contributed by atoms with Crippen LogP contribution in [0.3, 0.4) is 0 Å². The Morgan fingerprint density at radius 1 is 1.04 bits per heavy atom. The van der Waals surface area contributed by atoms with Gasteiger partial charge in [0.1, 0.15) is 18.2 Å². The Hall–Kier alpha value is -1.42. The second-order valence-corrected chi connectivity index (χ2v) is 6.77. The van der Waals surface area contributed by atoms with E-state index in [9.17, 15) is 0 Å². The van der Waals surface area contributed by atoms with Crippen LogP contribution >= 0.6 is 34.8 Å². The third-order valence-electron chi connectivity index (χ3n) is 3.49. The maximum Gasteiger partial charge on any atom is 0.148 e. The number of imidazole rings is 1. The van der Waals surface area contributed by atoms with Gasteiger partial charge in [-0.3, -0.25) is 0 Å². The zero-order valence-corrected chi connectivity index (χ0v) is 15.0. The monoisotopic (exact) mass is 368 g/mol. The molecule has 0 unspecified atom stereocenters. The number of aromatic nitrogens is 2. The van der Waals surface area contributed by atoms with E-state index in [1.165, 1.54) is 0 Å². The number of rotatable bonds is 4. The summed E-state index contributed by atoms with van der Waals surface area (Å²) in [5.41, 5.74) is 1.89. The third kappa shape index (κ3) is 3.42. The standard InChI is InChI=1S/C17H15Cl3N2O/c1-10(2)22-15-5-3-12(19)8-14(15)21-17(22)9-23-16-6-4-11(18)7-13(16)20/h3-8,10H,9H2,1-2H3. The van der Waals surface area contributed by atoms with Gasteiger partial charge in [0, 0.05) is 16.1 Å². The van der Waals surface area contributed by atoms with Crippen molar-refractivity contribution in [1.82, 2.24) is 9.55 Å². The van der Waals surface area contributed by atoms with Crippen LogP contribution in [0.5, 0.6) is 5.75 Å². The fourth-order valence-corrected chi connectivity index (χ4v) is 3.16. The molecule has 120 valence electrons. The predicted octanol–water partition coefficient (Wildman–Crippen LogP) is 6.16. The quantitative estimate of drug-likeness (QED) is 0.551. The molecule has 0 aliphatic heterocycles. The van der Waals surface area contributed by atoms with Crippen molar-refractivity contribution in [3.63, 3.8) is 0 Å². The highest BCUT2D eigenvalue weighted by Crippen LogP contribution is 2.29. The number of nitrogens with zero attached hydrogens (tertiary/aromatic N) is 2. The van der Waals surface area contributed by atoms with E-state index in [2.05, 4.69) is 23.4 Å². The van der Waals surface area contributed by atoms with Crippen LogP contribution in [0.4, 0.5) is 0 Å². The smallest absolute Gasteiger partial charge is 0.148 e. The van der Waals surface area contributed by atoms with Crippen molar-refractivity contribution in [3.05, 3.63) is 57.3 Å². The van der Waals surface area contributed by atoms with Crippen LogP contribution in [-0.4, -0.2) is 9.55 Å². The molecule has 6 heteroatoms. The molecule has 0 atom stereocenters. The predicted molar refractivity (Wildman–Crippen MR) is 95.9 cm³/mol. The van der Waals surface area contributed by atoms with Crippen molar-refractivity contribution in [1.29, 1.82) is 0 Å². The van der Waals surface area contributed by atoms with Gasteiger partial charge in [-0.2, -0.15) is 0 Å². The first kappa shape index (κ1) is 16.4. The van der Waals surface area contributed by atoms with Gasteiger partial charge in [0.2, 0.25) is 0 Å². The first-order valence-electron chi connectivity index (χ1n) is 7.20. The Labute approximate surface area is 149 Å². The van der Waals surface area contributed by atoms with E-state index in [0.717, 1.165) is 16.9 Å². The van der Waals surface area contributed by atoms with Crippen LogP contribution in [0.2, 0.25) is 15.1 Å². The SMILES string of the molecule is CC(C)n1c(COc2ccc(Cl)cc2Cl)nc2cc(Cl)ccc21. The average Bonchev–Trinajstić information content (AvgIpc) is 2.83.